The quantitative estimate of drug-likeness (QED) is 0.291. The predicted molar refractivity (Wildman–Crippen MR) is 99.9 cm³/mol. The van der Waals surface area contributed by atoms with Gasteiger partial charge in [-0.2, -0.15) is 0 Å². The third-order valence-corrected chi connectivity index (χ3v) is 4.70. The minimum absolute atomic E-state index is 0.0443. The number of nitrogens with one attached hydrogen (secondary N) is 1. The number of aromatic amines is 1. The number of carbonyl (C=O) groups excluding carboxylic acids is 1. The molecule has 0 saturated carbocycles. The summed E-state index contributed by atoms with van der Waals surface area (Å²) in [5, 5.41) is 17.4. The van der Waals surface area contributed by atoms with E-state index in [9.17, 15) is 24.6 Å². The number of aryl methyl sites for hydroxylation is 1. The molecule has 6 radical (unpaired) electrons. The lowest BCUT2D eigenvalue weighted by Crippen LogP contribution is -2.62. The Morgan fingerprint density at radius 2 is 1.97 bits per heavy atom. The molecule has 5 atom stereocenters. The van der Waals surface area contributed by atoms with Crippen LogP contribution in [0.2, 0.25) is 0 Å². The molecule has 14 heteroatoms. The number of esters is 1. The molecule has 10 nitrogen and oxygen atoms in total. The van der Waals surface area contributed by atoms with Crippen LogP contribution in [0.3, 0.4) is 0 Å². The van der Waals surface area contributed by atoms with Gasteiger partial charge in [-0.25, -0.2) is 9.18 Å². The minimum Gasteiger partial charge on any atom is -0.473 e. The van der Waals surface area contributed by atoms with Crippen molar-refractivity contribution < 1.29 is 28.9 Å². The van der Waals surface area contributed by atoms with Crippen molar-refractivity contribution in [2.75, 3.05) is 0 Å². The van der Waals surface area contributed by atoms with Crippen molar-refractivity contribution in [2.24, 2.45) is 11.7 Å². The second kappa shape index (κ2) is 7.42. The zero-order chi connectivity index (χ0) is 22.5. The Balaban J connectivity index is 2.48. The average Bonchev–Trinajstić information content (AvgIpc) is 2.79. The molecule has 2 heterocycles. The summed E-state index contributed by atoms with van der Waals surface area (Å²) in [5.41, 5.74) is 0.841. The maximum atomic E-state index is 15.6. The van der Waals surface area contributed by atoms with Gasteiger partial charge in [-0.05, 0) is 12.8 Å². The molecule has 152 valence electrons. The molecular weight excluding hydrogens is 386 g/mol. The van der Waals surface area contributed by atoms with Crippen LogP contribution in [0.15, 0.2) is 15.8 Å². The topological polar surface area (TPSA) is 157 Å². The fraction of sp³-hybridized carbons (Fsp3) is 0.667. The summed E-state index contributed by atoms with van der Waals surface area (Å²) in [4.78, 5) is 37.6. The maximum absolute atomic E-state index is 15.6. The van der Waals surface area contributed by atoms with Gasteiger partial charge < -0.3 is 25.4 Å². The smallest absolute Gasteiger partial charge is 0.330 e. The van der Waals surface area contributed by atoms with Gasteiger partial charge >= 0.3 is 11.7 Å². The van der Waals surface area contributed by atoms with Crippen molar-refractivity contribution >= 4 is 29.5 Å². The molecule has 2 rings (SSSR count). The number of nitrogens with two attached hydrogens (primary N) is 1. The van der Waals surface area contributed by atoms with Gasteiger partial charge in [0, 0.05) is 11.8 Å². The molecule has 1 aromatic rings. The molecule has 0 unspecified atom stereocenters. The molecule has 1 fully saturated rings. The lowest BCUT2D eigenvalue weighted by Gasteiger charge is -2.41. The van der Waals surface area contributed by atoms with Crippen molar-refractivity contribution in [3.05, 3.63) is 32.6 Å². The minimum atomic E-state index is -3.67. The van der Waals surface area contributed by atoms with Crippen LogP contribution < -0.4 is 17.0 Å². The number of rotatable bonds is 5. The molecule has 5 N–H and O–H groups in total. The molecule has 0 spiro atoms. The number of nitrogens with zero attached hydrogens (tertiary/aromatic N) is 1. The molecule has 1 saturated heterocycles. The van der Waals surface area contributed by atoms with E-state index in [1.165, 1.54) is 6.92 Å². The Labute approximate surface area is 168 Å². The number of aliphatic hydroxyl groups excluding tert-OH is 2. The zero-order valence-electron chi connectivity index (χ0n) is 16.0. The number of carbonyl (C=O) groups is 1. The number of hydrogen-bond donors (Lipinski definition) is 4. The number of halogens is 1. The first-order chi connectivity index (χ1) is 13.1. The third-order valence-electron chi connectivity index (χ3n) is 4.70. The fourth-order valence-electron chi connectivity index (χ4n) is 2.69. The van der Waals surface area contributed by atoms with Gasteiger partial charge in [0.2, 0.25) is 0 Å². The molecule has 0 aliphatic carbocycles. The lowest BCUT2D eigenvalue weighted by atomic mass is 9.59. The van der Waals surface area contributed by atoms with E-state index in [0.717, 1.165) is 6.20 Å². The number of aromatic nitrogens is 2. The molecule has 0 amide bonds. The second-order valence-corrected chi connectivity index (χ2v) is 7.31. The van der Waals surface area contributed by atoms with E-state index < -0.39 is 58.3 Å². The lowest BCUT2D eigenvalue weighted by molar-refractivity contribution is -0.250. The van der Waals surface area contributed by atoms with Crippen LogP contribution in [-0.4, -0.2) is 78.8 Å². The van der Waals surface area contributed by atoms with E-state index in [2.05, 4.69) is 4.74 Å². The highest BCUT2D eigenvalue weighted by Gasteiger charge is 2.68. The van der Waals surface area contributed by atoms with Crippen LogP contribution in [0.4, 0.5) is 4.39 Å². The Bertz CT molecular complexity index is 923. The first kappa shape index (κ1) is 23.4. The second-order valence-electron chi connectivity index (χ2n) is 7.31. The predicted octanol–water partition coefficient (Wildman–Crippen LogP) is -3.44. The molecule has 1 aliphatic rings. The van der Waals surface area contributed by atoms with Gasteiger partial charge in [0.1, 0.15) is 47.4 Å². The van der Waals surface area contributed by atoms with E-state index >= 15 is 4.39 Å². The fourth-order valence-corrected chi connectivity index (χ4v) is 2.69. The number of H-pyrrole nitrogens is 1. The van der Waals surface area contributed by atoms with Gasteiger partial charge in [-0.3, -0.25) is 19.1 Å². The zero-order valence-corrected chi connectivity index (χ0v) is 16.0. The van der Waals surface area contributed by atoms with Crippen molar-refractivity contribution in [3.63, 3.8) is 0 Å². The van der Waals surface area contributed by atoms with E-state index in [1.54, 1.807) is 13.8 Å². The SMILES string of the molecule is [B]C([B])(OC(=O)[C@@H](N)C(C)C)[C@@]1(F)O[C@@]([B])(n2cc(C)c(=O)[nH]c2=O)[C@H](O)[C@@H]1O. The van der Waals surface area contributed by atoms with E-state index in [4.69, 9.17) is 34.0 Å². The standard InChI is InChI=1S/C15H19B3FN3O7/c1-5(2)7(20)11(26)28-15(17,18)13(19)8(23)9(24)14(16,29-13)22-4-6(3)10(25)21-12(22)27/h4-5,7-9,23-24H,20H2,1-3H3,(H,21,25,27)/t7-,8-,9+,13-,14-/m0/s1. The third kappa shape index (κ3) is 3.69. The molecule has 0 aromatic carbocycles. The van der Waals surface area contributed by atoms with Crippen LogP contribution >= 0.6 is 0 Å². The van der Waals surface area contributed by atoms with E-state index in [1.807, 2.05) is 4.98 Å². The molecule has 1 aromatic heterocycles. The largest absolute Gasteiger partial charge is 0.473 e. The summed E-state index contributed by atoms with van der Waals surface area (Å²) in [5.74, 6) is -5.30. The highest BCUT2D eigenvalue weighted by molar-refractivity contribution is 6.40. The normalized spacial score (nSPS) is 31.0. The van der Waals surface area contributed by atoms with E-state index in [0.29, 0.717) is 4.57 Å². The Kier molecular flexibility index (Phi) is 5.99. The highest BCUT2D eigenvalue weighted by Crippen LogP contribution is 2.45. The number of alkyl halides is 1. The number of aliphatic hydroxyl groups is 2. The summed E-state index contributed by atoms with van der Waals surface area (Å²) in [6.45, 7) is 4.45. The van der Waals surface area contributed by atoms with Crippen LogP contribution in [0, 0.1) is 12.8 Å². The monoisotopic (exact) mass is 405 g/mol. The summed E-state index contributed by atoms with van der Waals surface area (Å²) >= 11 is 0. The van der Waals surface area contributed by atoms with E-state index in [-0.39, 0.29) is 5.56 Å². The van der Waals surface area contributed by atoms with Gasteiger partial charge in [-0.1, -0.05) is 13.8 Å². The number of hydrogen-bond acceptors (Lipinski definition) is 8. The number of ether oxygens (including phenoxy) is 2. The average molecular weight is 405 g/mol. The van der Waals surface area contributed by atoms with Gasteiger partial charge in [0.15, 0.2) is 0 Å². The van der Waals surface area contributed by atoms with Crippen molar-refractivity contribution in [1.29, 1.82) is 0 Å². The van der Waals surface area contributed by atoms with Crippen molar-refractivity contribution in [2.45, 2.75) is 55.9 Å². The highest BCUT2D eigenvalue weighted by atomic mass is 19.2. The Morgan fingerprint density at radius 1 is 1.41 bits per heavy atom. The molecule has 29 heavy (non-hydrogen) atoms. The van der Waals surface area contributed by atoms with Gasteiger partial charge in [0.25, 0.3) is 11.4 Å². The van der Waals surface area contributed by atoms with Gasteiger partial charge in [0.05, 0.1) is 5.40 Å². The van der Waals surface area contributed by atoms with Crippen LogP contribution in [-0.2, 0) is 19.9 Å². The summed E-state index contributed by atoms with van der Waals surface area (Å²) in [6, 6.07) is -1.24. The Hall–Kier alpha value is -1.89. The first-order valence-electron chi connectivity index (χ1n) is 8.52. The summed E-state index contributed by atoms with van der Waals surface area (Å²) in [6.07, 6.45) is -4.01. The van der Waals surface area contributed by atoms with Crippen LogP contribution in [0.25, 0.3) is 0 Å². The summed E-state index contributed by atoms with van der Waals surface area (Å²) < 4.78 is 25.6. The van der Waals surface area contributed by atoms with Crippen LogP contribution in [0.5, 0.6) is 0 Å². The van der Waals surface area contributed by atoms with Gasteiger partial charge in [-0.15, -0.1) is 0 Å². The molecular formula is C15H19B3FN3O7. The maximum Gasteiger partial charge on any atom is 0.330 e. The Morgan fingerprint density at radius 3 is 2.48 bits per heavy atom. The molecule has 0 bridgehead atoms. The molecule has 1 aliphatic heterocycles. The van der Waals surface area contributed by atoms with Crippen molar-refractivity contribution in [3.8, 4) is 0 Å². The summed E-state index contributed by atoms with van der Waals surface area (Å²) in [7, 11) is 16.9. The first-order valence-corrected chi connectivity index (χ1v) is 8.52. The van der Waals surface area contributed by atoms with Crippen molar-refractivity contribution in [1.82, 2.24) is 9.55 Å². The van der Waals surface area contributed by atoms with Crippen LogP contribution in [0.1, 0.15) is 19.4 Å².